The zero-order valence-electron chi connectivity index (χ0n) is 18.2. The molecule has 4 nitrogen and oxygen atoms in total. The van der Waals surface area contributed by atoms with E-state index < -0.39 is 12.0 Å². The highest BCUT2D eigenvalue weighted by atomic mass is 128. The van der Waals surface area contributed by atoms with Crippen LogP contribution in [0.15, 0.2) is 24.3 Å². The van der Waals surface area contributed by atoms with Crippen molar-refractivity contribution in [3.8, 4) is 0 Å². The molecule has 0 spiro atoms. The van der Waals surface area contributed by atoms with Crippen LogP contribution in [0.1, 0.15) is 56.6 Å². The molecule has 0 bridgehead atoms. The second-order valence-electron chi connectivity index (χ2n) is 9.07. The van der Waals surface area contributed by atoms with Gasteiger partial charge in [0.15, 0.2) is 0 Å². The van der Waals surface area contributed by atoms with E-state index in [0.717, 1.165) is 25.3 Å². The highest BCUT2D eigenvalue weighted by molar-refractivity contribution is 15.0. The second-order valence-corrected chi connectivity index (χ2v) is 9.07. The summed E-state index contributed by atoms with van der Waals surface area (Å²) in [5.74, 6) is 1.26. The number of halogens is 2. The maximum atomic E-state index is 11.5. The van der Waals surface area contributed by atoms with Gasteiger partial charge < -0.3 is 10.0 Å². The van der Waals surface area contributed by atoms with Crippen LogP contribution in [0.25, 0.3) is 0 Å². The Morgan fingerprint density at radius 3 is 2.52 bits per heavy atom. The van der Waals surface area contributed by atoms with E-state index in [2.05, 4.69) is 85.1 Å². The molecule has 1 aromatic carbocycles. The number of likely N-dealkylation sites (N-methyl/N-ethyl adjacent to an activating group) is 1. The molecule has 164 valence electrons. The molecule has 2 fully saturated rings. The van der Waals surface area contributed by atoms with Gasteiger partial charge in [-0.2, -0.15) is 0 Å². The number of aryl methyl sites for hydroxylation is 1. The fraction of sp³-hybridized carbons (Fsp3) is 0.696. The lowest BCUT2D eigenvalue weighted by Crippen LogP contribution is -2.42. The fourth-order valence-electron chi connectivity index (χ4n) is 5.01. The third kappa shape index (κ3) is 7.04. The van der Waals surface area contributed by atoms with Crippen LogP contribution in [0.3, 0.4) is 0 Å². The van der Waals surface area contributed by atoms with E-state index in [1.807, 2.05) is 14.0 Å². The van der Waals surface area contributed by atoms with Crippen molar-refractivity contribution >= 4 is 43.2 Å². The van der Waals surface area contributed by atoms with E-state index in [1.165, 1.54) is 37.1 Å². The van der Waals surface area contributed by atoms with Crippen LogP contribution in [0.4, 0.5) is 0 Å². The van der Waals surface area contributed by atoms with Gasteiger partial charge in [-0.05, 0) is 83.0 Å². The Bertz CT molecular complexity index is 650. The molecule has 1 unspecified atom stereocenters. The number of hydrogen-bond donors (Lipinski definition) is 1. The number of carbonyl (C=O) groups is 1. The molecule has 1 aromatic rings. The maximum Gasteiger partial charge on any atom is 0.320 e. The van der Waals surface area contributed by atoms with Gasteiger partial charge in [0, 0.05) is 49.8 Å². The monoisotopic (exact) mass is 626 g/mol. The molecule has 3 rings (SSSR count). The van der Waals surface area contributed by atoms with Crippen LogP contribution >= 0.6 is 37.2 Å². The van der Waals surface area contributed by atoms with Gasteiger partial charge in [-0.1, -0.05) is 36.8 Å². The zero-order chi connectivity index (χ0) is 21.6. The predicted octanol–water partition coefficient (Wildman–Crippen LogP) is 5.77. The first-order chi connectivity index (χ1) is 13.8. The average molecular weight is 626 g/mol. The number of aliphatic carboxylic acids is 1. The van der Waals surface area contributed by atoms with E-state index in [4.69, 9.17) is 0 Å². The van der Waals surface area contributed by atoms with Gasteiger partial charge in [-0.3, -0.25) is 9.69 Å². The van der Waals surface area contributed by atoms with Gasteiger partial charge >= 0.3 is 5.97 Å². The van der Waals surface area contributed by atoms with Crippen molar-refractivity contribution in [2.24, 2.45) is 11.8 Å². The first kappa shape index (κ1) is 25.3. The molecule has 1 saturated heterocycles. The number of carboxylic acid groups (broad SMARTS) is 1. The lowest BCUT2D eigenvalue weighted by atomic mass is 9.87. The second kappa shape index (κ2) is 12.2. The lowest BCUT2D eigenvalue weighted by Gasteiger charge is -2.34. The summed E-state index contributed by atoms with van der Waals surface area (Å²) in [4.78, 5) is 16.2. The van der Waals surface area contributed by atoms with Crippen LogP contribution in [-0.4, -0.2) is 59.6 Å². The summed E-state index contributed by atoms with van der Waals surface area (Å²) in [5, 5.41) is 9.43. The highest BCUT2D eigenvalue weighted by Crippen LogP contribution is 2.43. The van der Waals surface area contributed by atoms with Gasteiger partial charge in [0.05, 0.1) is 0 Å². The van der Waals surface area contributed by atoms with Gasteiger partial charge in [-0.15, -0.1) is 0 Å². The van der Waals surface area contributed by atoms with Gasteiger partial charge in [0.1, 0.15) is 6.04 Å². The Morgan fingerprint density at radius 2 is 1.93 bits per heavy atom. The summed E-state index contributed by atoms with van der Waals surface area (Å²) in [6.45, 7) is 9.91. The number of nitrogens with zero attached hydrogens (tertiary/aromatic N) is 2. The third-order valence-electron chi connectivity index (χ3n) is 7.05. The van der Waals surface area contributed by atoms with Crippen molar-refractivity contribution in [3.63, 3.8) is 0 Å². The molecule has 1 aliphatic carbocycles. The highest BCUT2D eigenvalue weighted by Gasteiger charge is 2.40. The fourth-order valence-corrected chi connectivity index (χ4v) is 5.01. The molecule has 1 aliphatic heterocycles. The van der Waals surface area contributed by atoms with E-state index in [-0.39, 0.29) is 0 Å². The summed E-state index contributed by atoms with van der Waals surface area (Å²) in [6, 6.07) is 8.85. The molecule has 1 saturated carbocycles. The maximum absolute atomic E-state index is 11.5. The van der Waals surface area contributed by atoms with Crippen molar-refractivity contribution in [2.75, 3.05) is 26.7 Å². The van der Waals surface area contributed by atoms with Crippen molar-refractivity contribution in [3.05, 3.63) is 35.4 Å². The van der Waals surface area contributed by atoms with E-state index in [0.29, 0.717) is 17.9 Å². The van der Waals surface area contributed by atoms with Crippen LogP contribution < -0.4 is 0 Å². The smallest absolute Gasteiger partial charge is 0.320 e. The molecule has 0 aromatic heterocycles. The van der Waals surface area contributed by atoms with Crippen molar-refractivity contribution in [1.29, 1.82) is 0 Å². The van der Waals surface area contributed by atoms with Gasteiger partial charge in [0.2, 0.25) is 0 Å². The SMILES string of the molecule is Cc1cccc([C@H]2CC(N(C)[C@H](C)C(=O)O)C[C@@H]2CN2CCC(C)CC2)c1.II. The number of likely N-dealkylation sites (tertiary alicyclic amines) is 1. The summed E-state index contributed by atoms with van der Waals surface area (Å²) in [6.07, 6.45) is 4.77. The molecule has 1 heterocycles. The number of piperidine rings is 1. The summed E-state index contributed by atoms with van der Waals surface area (Å²) >= 11 is 4.24. The van der Waals surface area contributed by atoms with Crippen molar-refractivity contribution in [1.82, 2.24) is 9.80 Å². The Morgan fingerprint density at radius 1 is 1.28 bits per heavy atom. The molecule has 0 radical (unpaired) electrons. The molecule has 29 heavy (non-hydrogen) atoms. The molecule has 0 amide bonds. The minimum absolute atomic E-state index is 0.343. The Hall–Kier alpha value is 0.0700. The first-order valence-electron chi connectivity index (χ1n) is 10.7. The first-order valence-corrected chi connectivity index (χ1v) is 17.0. The van der Waals surface area contributed by atoms with Crippen LogP contribution in [-0.2, 0) is 4.79 Å². The molecular formula is C23H36I2N2O2. The minimum Gasteiger partial charge on any atom is -0.480 e. The van der Waals surface area contributed by atoms with Crippen molar-refractivity contribution in [2.45, 2.75) is 64.5 Å². The minimum atomic E-state index is -0.724. The number of benzene rings is 1. The topological polar surface area (TPSA) is 43.8 Å². The summed E-state index contributed by atoms with van der Waals surface area (Å²) < 4.78 is 0. The largest absolute Gasteiger partial charge is 0.480 e. The van der Waals surface area contributed by atoms with Crippen molar-refractivity contribution < 1.29 is 9.90 Å². The molecule has 2 aliphatic rings. The predicted molar refractivity (Wildman–Crippen MR) is 138 cm³/mol. The summed E-state index contributed by atoms with van der Waals surface area (Å²) in [5.41, 5.74) is 2.75. The Balaban J connectivity index is 0.00000145. The van der Waals surface area contributed by atoms with Crippen LogP contribution in [0, 0.1) is 18.8 Å². The molecule has 4 atom stereocenters. The molecule has 1 N–H and O–H groups in total. The number of carboxylic acids is 1. The molecular weight excluding hydrogens is 590 g/mol. The van der Waals surface area contributed by atoms with Crippen LogP contribution in [0.5, 0.6) is 0 Å². The average Bonchev–Trinajstić information content (AvgIpc) is 3.14. The summed E-state index contributed by atoms with van der Waals surface area (Å²) in [7, 11) is 1.99. The van der Waals surface area contributed by atoms with E-state index in [9.17, 15) is 9.90 Å². The third-order valence-corrected chi connectivity index (χ3v) is 7.05. The Labute approximate surface area is 200 Å². The molecule has 6 heteroatoms. The van der Waals surface area contributed by atoms with Crippen LogP contribution in [0.2, 0.25) is 0 Å². The lowest BCUT2D eigenvalue weighted by molar-refractivity contribution is -0.142. The van der Waals surface area contributed by atoms with E-state index in [1.54, 1.807) is 0 Å². The quantitative estimate of drug-likeness (QED) is 0.408. The van der Waals surface area contributed by atoms with E-state index >= 15 is 0 Å². The number of rotatable bonds is 6. The normalized spacial score (nSPS) is 26.8. The number of hydrogen-bond acceptors (Lipinski definition) is 3. The van der Waals surface area contributed by atoms with Gasteiger partial charge in [0.25, 0.3) is 0 Å². The Kier molecular flexibility index (Phi) is 10.7. The van der Waals surface area contributed by atoms with Gasteiger partial charge in [-0.25, -0.2) is 0 Å². The zero-order valence-corrected chi connectivity index (χ0v) is 22.5. The standard InChI is InChI=1S/C23H36N2O2.I2/c1-16-8-10-25(11-9-16)15-20-13-21(24(4)18(3)23(26)27)14-22(20)19-7-5-6-17(2)12-19;1-2/h5-7,12,16,18,20-22H,8-11,13-15H2,1-4H3,(H,26,27);/t18-,20-,21?,22-;/m1./s1.